The molecule has 0 aliphatic heterocycles. The Hall–Kier alpha value is -1.84. The summed E-state index contributed by atoms with van der Waals surface area (Å²) in [5, 5.41) is 17.6. The van der Waals surface area contributed by atoms with E-state index in [4.69, 9.17) is 10.2 Å². The molecule has 0 bridgehead atoms. The second-order valence-electron chi connectivity index (χ2n) is 4.20. The Balaban J connectivity index is 2.95. The first-order chi connectivity index (χ1) is 7.34. The molecule has 0 radical (unpaired) electrons. The second kappa shape index (κ2) is 4.35. The Kier molecular flexibility index (Phi) is 3.32. The van der Waals surface area contributed by atoms with Crippen molar-refractivity contribution in [2.45, 2.75) is 25.7 Å². The monoisotopic (exact) mass is 222 g/mol. The summed E-state index contributed by atoms with van der Waals surface area (Å²) in [5.41, 5.74) is 0.369. The van der Waals surface area contributed by atoms with Gasteiger partial charge < -0.3 is 10.2 Å². The molecule has 0 aliphatic carbocycles. The lowest BCUT2D eigenvalue weighted by atomic mass is 9.84. The van der Waals surface area contributed by atoms with Crippen LogP contribution in [0, 0.1) is 0 Å². The summed E-state index contributed by atoms with van der Waals surface area (Å²) in [7, 11) is 0. The van der Waals surface area contributed by atoms with Gasteiger partial charge in [-0.3, -0.25) is 9.59 Å². The van der Waals surface area contributed by atoms with E-state index >= 15 is 0 Å². The van der Waals surface area contributed by atoms with E-state index in [1.54, 1.807) is 38.1 Å². The molecule has 4 nitrogen and oxygen atoms in total. The normalized spacial score (nSPS) is 11.1. The second-order valence-corrected chi connectivity index (χ2v) is 4.20. The molecule has 0 fully saturated rings. The average Bonchev–Trinajstić information content (AvgIpc) is 2.17. The van der Waals surface area contributed by atoms with Gasteiger partial charge in [0.25, 0.3) is 0 Å². The maximum atomic E-state index is 11.0. The van der Waals surface area contributed by atoms with Crippen LogP contribution in [-0.4, -0.2) is 22.2 Å². The number of rotatable bonds is 4. The number of hydrogen-bond donors (Lipinski definition) is 2. The minimum Gasteiger partial charge on any atom is -0.481 e. The Morgan fingerprint density at radius 1 is 1.12 bits per heavy atom. The molecule has 0 atom stereocenters. The van der Waals surface area contributed by atoms with Gasteiger partial charge >= 0.3 is 11.9 Å². The van der Waals surface area contributed by atoms with Gasteiger partial charge in [-0.15, -0.1) is 0 Å². The number of hydrogen-bond acceptors (Lipinski definition) is 2. The summed E-state index contributed by atoms with van der Waals surface area (Å²) in [4.78, 5) is 21.5. The molecular formula is C12H14O4. The topological polar surface area (TPSA) is 74.6 Å². The minimum atomic E-state index is -0.957. The first-order valence-electron chi connectivity index (χ1n) is 4.88. The largest absolute Gasteiger partial charge is 0.481 e. The van der Waals surface area contributed by atoms with Crippen molar-refractivity contribution in [3.8, 4) is 0 Å². The van der Waals surface area contributed by atoms with Gasteiger partial charge in [-0.25, -0.2) is 0 Å². The van der Waals surface area contributed by atoms with E-state index < -0.39 is 17.4 Å². The highest BCUT2D eigenvalue weighted by molar-refractivity contribution is 5.80. The van der Waals surface area contributed by atoms with Crippen LogP contribution in [-0.2, 0) is 21.4 Å². The number of benzene rings is 1. The molecule has 1 aromatic carbocycles. The average molecular weight is 222 g/mol. The van der Waals surface area contributed by atoms with Crippen molar-refractivity contribution in [2.24, 2.45) is 0 Å². The molecule has 0 unspecified atom stereocenters. The zero-order chi connectivity index (χ0) is 12.3. The molecule has 1 aromatic rings. The number of carboxylic acids is 2. The van der Waals surface area contributed by atoms with Gasteiger partial charge in [-0.05, 0) is 25.0 Å². The molecule has 0 saturated heterocycles. The third-order valence-corrected chi connectivity index (χ3v) is 2.57. The van der Waals surface area contributed by atoms with Crippen LogP contribution in [0.2, 0.25) is 0 Å². The highest BCUT2D eigenvalue weighted by Crippen LogP contribution is 2.23. The van der Waals surface area contributed by atoms with Crippen LogP contribution < -0.4 is 0 Å². The molecule has 0 amide bonds. The SMILES string of the molecule is CC(C)(C(=O)O)c1ccc(CC(=O)O)cc1. The van der Waals surface area contributed by atoms with Gasteiger partial charge in [0, 0.05) is 0 Å². The van der Waals surface area contributed by atoms with E-state index in [0.29, 0.717) is 11.1 Å². The van der Waals surface area contributed by atoms with E-state index in [2.05, 4.69) is 0 Å². The maximum absolute atomic E-state index is 11.0. The number of aliphatic carboxylic acids is 2. The Morgan fingerprint density at radius 3 is 2.00 bits per heavy atom. The van der Waals surface area contributed by atoms with Crippen LogP contribution in [0.15, 0.2) is 24.3 Å². The molecule has 1 rings (SSSR count). The minimum absolute atomic E-state index is 0.0478. The summed E-state index contributed by atoms with van der Waals surface area (Å²) in [6, 6.07) is 6.61. The third-order valence-electron chi connectivity index (χ3n) is 2.57. The highest BCUT2D eigenvalue weighted by Gasteiger charge is 2.29. The van der Waals surface area contributed by atoms with Crippen LogP contribution >= 0.6 is 0 Å². The van der Waals surface area contributed by atoms with Crippen LogP contribution in [0.5, 0.6) is 0 Å². The molecule has 2 N–H and O–H groups in total. The number of carboxylic acid groups (broad SMARTS) is 2. The lowest BCUT2D eigenvalue weighted by molar-refractivity contribution is -0.142. The third kappa shape index (κ3) is 2.59. The van der Waals surface area contributed by atoms with Gasteiger partial charge in [0.15, 0.2) is 0 Å². The zero-order valence-electron chi connectivity index (χ0n) is 9.23. The van der Waals surface area contributed by atoms with E-state index in [1.165, 1.54) is 0 Å². The van der Waals surface area contributed by atoms with Crippen LogP contribution in [0.1, 0.15) is 25.0 Å². The standard InChI is InChI=1S/C12H14O4/c1-12(2,11(15)16)9-5-3-8(4-6-9)7-10(13)14/h3-6H,7H2,1-2H3,(H,13,14)(H,15,16). The maximum Gasteiger partial charge on any atom is 0.313 e. The smallest absolute Gasteiger partial charge is 0.313 e. The summed E-state index contributed by atoms with van der Waals surface area (Å²) in [6.07, 6.45) is -0.0478. The van der Waals surface area contributed by atoms with E-state index in [1.807, 2.05) is 0 Å². The van der Waals surface area contributed by atoms with Gasteiger partial charge in [0.05, 0.1) is 11.8 Å². The quantitative estimate of drug-likeness (QED) is 0.812. The van der Waals surface area contributed by atoms with Crippen LogP contribution in [0.25, 0.3) is 0 Å². The Labute approximate surface area is 93.5 Å². The highest BCUT2D eigenvalue weighted by atomic mass is 16.4. The van der Waals surface area contributed by atoms with Gasteiger partial charge in [-0.2, -0.15) is 0 Å². The lowest BCUT2D eigenvalue weighted by Crippen LogP contribution is -2.28. The van der Waals surface area contributed by atoms with E-state index in [9.17, 15) is 9.59 Å². The first-order valence-corrected chi connectivity index (χ1v) is 4.88. The fourth-order valence-corrected chi connectivity index (χ4v) is 1.34. The fraction of sp³-hybridized carbons (Fsp3) is 0.333. The predicted octanol–water partition coefficient (Wildman–Crippen LogP) is 1.68. The van der Waals surface area contributed by atoms with Crippen LogP contribution in [0.4, 0.5) is 0 Å². The summed E-state index contributed by atoms with van der Waals surface area (Å²) in [6.45, 7) is 3.23. The van der Waals surface area contributed by atoms with Crippen molar-refractivity contribution < 1.29 is 19.8 Å². The molecule has 86 valence electrons. The van der Waals surface area contributed by atoms with Gasteiger partial charge in [-0.1, -0.05) is 24.3 Å². The fourth-order valence-electron chi connectivity index (χ4n) is 1.34. The molecular weight excluding hydrogens is 208 g/mol. The van der Waals surface area contributed by atoms with Crippen LogP contribution in [0.3, 0.4) is 0 Å². The Morgan fingerprint density at radius 2 is 1.62 bits per heavy atom. The zero-order valence-corrected chi connectivity index (χ0v) is 9.23. The summed E-state index contributed by atoms with van der Waals surface area (Å²) in [5.74, 6) is -1.80. The van der Waals surface area contributed by atoms with Crippen molar-refractivity contribution in [1.82, 2.24) is 0 Å². The Bertz CT molecular complexity index is 404. The predicted molar refractivity (Wildman–Crippen MR) is 58.4 cm³/mol. The van der Waals surface area contributed by atoms with Crippen molar-refractivity contribution in [3.63, 3.8) is 0 Å². The molecule has 4 heteroatoms. The molecule has 16 heavy (non-hydrogen) atoms. The summed E-state index contributed by atoms with van der Waals surface area (Å²) >= 11 is 0. The first kappa shape index (κ1) is 12.2. The summed E-state index contributed by atoms with van der Waals surface area (Å²) < 4.78 is 0. The van der Waals surface area contributed by atoms with Gasteiger partial charge in [0.1, 0.15) is 0 Å². The number of carbonyl (C=O) groups is 2. The molecule has 0 spiro atoms. The van der Waals surface area contributed by atoms with Gasteiger partial charge in [0.2, 0.25) is 0 Å². The molecule has 0 aromatic heterocycles. The van der Waals surface area contributed by atoms with Crippen molar-refractivity contribution in [3.05, 3.63) is 35.4 Å². The van der Waals surface area contributed by atoms with E-state index in [-0.39, 0.29) is 6.42 Å². The molecule has 0 saturated carbocycles. The lowest BCUT2D eigenvalue weighted by Gasteiger charge is -2.19. The molecule has 0 heterocycles. The van der Waals surface area contributed by atoms with Crippen molar-refractivity contribution in [2.75, 3.05) is 0 Å². The van der Waals surface area contributed by atoms with Crippen molar-refractivity contribution >= 4 is 11.9 Å². The molecule has 0 aliphatic rings. The van der Waals surface area contributed by atoms with Crippen molar-refractivity contribution in [1.29, 1.82) is 0 Å². The van der Waals surface area contributed by atoms with E-state index in [0.717, 1.165) is 0 Å².